The fourth-order valence-corrected chi connectivity index (χ4v) is 3.78. The van der Waals surface area contributed by atoms with Crippen LogP contribution in [0.2, 0.25) is 0 Å². The van der Waals surface area contributed by atoms with Crippen LogP contribution in [0.4, 0.5) is 20.8 Å². The zero-order valence-corrected chi connectivity index (χ0v) is 20.0. The summed E-state index contributed by atoms with van der Waals surface area (Å²) >= 11 is 0. The largest absolute Gasteiger partial charge is 0.422 e. The predicted octanol–water partition coefficient (Wildman–Crippen LogP) is 4.02. The number of pyridine rings is 2. The van der Waals surface area contributed by atoms with Crippen molar-refractivity contribution in [2.45, 2.75) is 31.7 Å². The van der Waals surface area contributed by atoms with Crippen molar-refractivity contribution >= 4 is 29.4 Å². The third-order valence-corrected chi connectivity index (χ3v) is 5.83. The van der Waals surface area contributed by atoms with Gasteiger partial charge in [-0.2, -0.15) is 5.26 Å². The number of halogens is 1. The number of benzene rings is 1. The number of carbonyl (C=O) groups is 3. The summed E-state index contributed by atoms with van der Waals surface area (Å²) in [5.41, 5.74) is 0.614. The van der Waals surface area contributed by atoms with Crippen molar-refractivity contribution in [3.63, 3.8) is 0 Å². The summed E-state index contributed by atoms with van der Waals surface area (Å²) < 4.78 is 20.7. The van der Waals surface area contributed by atoms with Gasteiger partial charge in [0, 0.05) is 43.4 Å². The molecule has 2 atom stereocenters. The van der Waals surface area contributed by atoms with Gasteiger partial charge in [-0.05, 0) is 42.8 Å². The van der Waals surface area contributed by atoms with E-state index in [9.17, 15) is 14.4 Å². The molecule has 11 heteroatoms. The number of hydrogen-bond acceptors (Lipinski definition) is 8. The van der Waals surface area contributed by atoms with Crippen molar-refractivity contribution in [1.29, 1.82) is 5.26 Å². The van der Waals surface area contributed by atoms with Crippen LogP contribution in [0.3, 0.4) is 0 Å². The highest BCUT2D eigenvalue weighted by molar-refractivity contribution is 6.01. The van der Waals surface area contributed by atoms with Gasteiger partial charge >= 0.3 is 12.0 Å². The average Bonchev–Trinajstić information content (AvgIpc) is 3.66. The Morgan fingerprint density at radius 1 is 1.11 bits per heavy atom. The molecule has 0 aliphatic heterocycles. The van der Waals surface area contributed by atoms with Crippen molar-refractivity contribution in [3.8, 4) is 11.8 Å². The van der Waals surface area contributed by atoms with Crippen molar-refractivity contribution in [1.82, 2.24) is 15.3 Å². The number of anilines is 2. The van der Waals surface area contributed by atoms with E-state index in [-0.39, 0.29) is 40.5 Å². The maximum absolute atomic E-state index is 15.1. The van der Waals surface area contributed by atoms with Crippen LogP contribution in [0.5, 0.6) is 5.75 Å². The first kappa shape index (κ1) is 25.2. The van der Waals surface area contributed by atoms with E-state index < -0.39 is 29.8 Å². The van der Waals surface area contributed by atoms with E-state index in [0.717, 1.165) is 6.07 Å². The highest BCUT2D eigenvalue weighted by Crippen LogP contribution is 2.47. The Morgan fingerprint density at radius 3 is 2.49 bits per heavy atom. The van der Waals surface area contributed by atoms with Crippen molar-refractivity contribution in [3.05, 3.63) is 76.9 Å². The Morgan fingerprint density at radius 2 is 1.86 bits per heavy atom. The summed E-state index contributed by atoms with van der Waals surface area (Å²) in [6.07, 6.45) is 3.14. The highest BCUT2D eigenvalue weighted by Gasteiger charge is 2.44. The minimum Gasteiger partial charge on any atom is -0.422 e. The third-order valence-electron chi connectivity index (χ3n) is 5.83. The molecule has 4 rings (SSSR count). The molecule has 1 aliphatic carbocycles. The fourth-order valence-electron chi connectivity index (χ4n) is 3.78. The van der Waals surface area contributed by atoms with Crippen LogP contribution < -0.4 is 20.7 Å². The summed E-state index contributed by atoms with van der Waals surface area (Å²) in [5.74, 6) is -1.64. The molecule has 37 heavy (non-hydrogen) atoms. The van der Waals surface area contributed by atoms with Gasteiger partial charge in [-0.25, -0.2) is 23.9 Å². The maximum Gasteiger partial charge on any atom is 0.345 e. The molecule has 10 nitrogen and oxygen atoms in total. The number of aromatic nitrogens is 2. The number of Topliss-reactive ketones (excluding diaryl/α,β-unsaturated/α-hetero) is 1. The number of urea groups is 1. The topological polar surface area (TPSA) is 146 Å². The number of ether oxygens (including phenoxy) is 1. The number of nitrogens with zero attached hydrogens (tertiary/aromatic N) is 3. The Balaban J connectivity index is 1.55. The molecule has 2 heterocycles. The number of amides is 2. The van der Waals surface area contributed by atoms with Crippen LogP contribution in [-0.2, 0) is 0 Å². The molecule has 0 spiro atoms. The fraction of sp³-hybridized carbons (Fsp3) is 0.231. The second kappa shape index (κ2) is 10.8. The lowest BCUT2D eigenvalue weighted by Gasteiger charge is -2.15. The molecule has 188 valence electrons. The molecular weight excluding hydrogens is 479 g/mol. The van der Waals surface area contributed by atoms with E-state index in [0.29, 0.717) is 17.8 Å². The number of hydrogen-bond donors (Lipinski definition) is 3. The lowest BCUT2D eigenvalue weighted by Crippen LogP contribution is -2.31. The van der Waals surface area contributed by atoms with E-state index in [2.05, 4.69) is 25.9 Å². The van der Waals surface area contributed by atoms with Crippen LogP contribution >= 0.6 is 0 Å². The molecule has 3 N–H and O–H groups in total. The highest BCUT2D eigenvalue weighted by atomic mass is 19.1. The number of ketones is 1. The molecular formula is C26H23FN6O4. The van der Waals surface area contributed by atoms with Crippen molar-refractivity contribution < 1.29 is 23.5 Å². The van der Waals surface area contributed by atoms with Gasteiger partial charge in [0.15, 0.2) is 5.78 Å². The molecule has 2 aromatic heterocycles. The number of nitriles is 1. The van der Waals surface area contributed by atoms with Gasteiger partial charge < -0.3 is 15.4 Å². The molecule has 1 aromatic carbocycles. The van der Waals surface area contributed by atoms with E-state index in [1.54, 1.807) is 20.0 Å². The number of nitrogens with one attached hydrogen (secondary N) is 3. The van der Waals surface area contributed by atoms with Crippen LogP contribution in [-0.4, -0.2) is 40.8 Å². The third kappa shape index (κ3) is 5.70. The number of rotatable bonds is 8. The van der Waals surface area contributed by atoms with E-state index >= 15 is 4.39 Å². The summed E-state index contributed by atoms with van der Waals surface area (Å²) in [6, 6.07) is 9.45. The Bertz CT molecular complexity index is 1390. The van der Waals surface area contributed by atoms with Crippen LogP contribution in [0, 0.1) is 17.1 Å². The standard InChI is InChI=1S/C26H23FN6O4/c1-3-20(34)16-6-7-18(27)23(24(16)37-25(35)15-5-9-21(29-2)31-13-15)17-10-19(17)32-26(36)33-22-8-4-14(11-28)12-30-22/h4-9,12-13,17,19H,3,10H2,1-2H3,(H,29,31)(H2,30,32,33,36). The van der Waals surface area contributed by atoms with E-state index in [1.807, 2.05) is 6.07 Å². The lowest BCUT2D eigenvalue weighted by molar-refractivity contribution is 0.0729. The van der Waals surface area contributed by atoms with Gasteiger partial charge in [-0.1, -0.05) is 6.92 Å². The number of carbonyl (C=O) groups excluding carboxylic acids is 3. The SMILES string of the molecule is CCC(=O)c1ccc(F)c(C2CC2NC(=O)Nc2ccc(C#N)cn2)c1OC(=O)c1ccc(NC)nc1. The van der Waals surface area contributed by atoms with Gasteiger partial charge in [0.05, 0.1) is 16.7 Å². The summed E-state index contributed by atoms with van der Waals surface area (Å²) in [4.78, 5) is 46.0. The van der Waals surface area contributed by atoms with Crippen LogP contribution in [0.1, 0.15) is 57.5 Å². The van der Waals surface area contributed by atoms with Gasteiger partial charge in [-0.3, -0.25) is 10.1 Å². The number of esters is 1. The lowest BCUT2D eigenvalue weighted by atomic mass is 10.00. The predicted molar refractivity (Wildman–Crippen MR) is 132 cm³/mol. The first-order chi connectivity index (χ1) is 17.8. The molecule has 0 bridgehead atoms. The van der Waals surface area contributed by atoms with Crippen molar-refractivity contribution in [2.75, 3.05) is 17.7 Å². The quantitative estimate of drug-likeness (QED) is 0.238. The second-order valence-electron chi connectivity index (χ2n) is 8.28. The zero-order chi connectivity index (χ0) is 26.5. The molecule has 0 radical (unpaired) electrons. The molecule has 1 aliphatic rings. The summed E-state index contributed by atoms with van der Waals surface area (Å²) in [5, 5.41) is 17.0. The van der Waals surface area contributed by atoms with Crippen LogP contribution in [0.25, 0.3) is 0 Å². The van der Waals surface area contributed by atoms with Gasteiger partial charge in [0.25, 0.3) is 0 Å². The summed E-state index contributed by atoms with van der Waals surface area (Å²) in [6.45, 7) is 1.65. The smallest absolute Gasteiger partial charge is 0.345 e. The minimum absolute atomic E-state index is 0.0502. The second-order valence-corrected chi connectivity index (χ2v) is 8.28. The van der Waals surface area contributed by atoms with Crippen LogP contribution in [0.15, 0.2) is 48.8 Å². The normalized spacial score (nSPS) is 15.7. The van der Waals surface area contributed by atoms with Crippen molar-refractivity contribution in [2.24, 2.45) is 0 Å². The first-order valence-electron chi connectivity index (χ1n) is 11.5. The molecule has 3 aromatic rings. The van der Waals surface area contributed by atoms with Gasteiger partial charge in [0.2, 0.25) is 0 Å². The minimum atomic E-state index is -0.790. The first-order valence-corrected chi connectivity index (χ1v) is 11.5. The molecule has 2 amide bonds. The summed E-state index contributed by atoms with van der Waals surface area (Å²) in [7, 11) is 1.68. The van der Waals surface area contributed by atoms with E-state index in [1.165, 1.54) is 36.7 Å². The monoisotopic (exact) mass is 502 g/mol. The molecule has 0 saturated heterocycles. The Hall–Kier alpha value is -4.85. The van der Waals surface area contributed by atoms with E-state index in [4.69, 9.17) is 10.00 Å². The average molecular weight is 503 g/mol. The zero-order valence-electron chi connectivity index (χ0n) is 20.0. The molecule has 1 saturated carbocycles. The van der Waals surface area contributed by atoms with Gasteiger partial charge in [0.1, 0.15) is 29.3 Å². The van der Waals surface area contributed by atoms with Gasteiger partial charge in [-0.15, -0.1) is 0 Å². The molecule has 2 unspecified atom stereocenters. The molecule has 1 fully saturated rings. The maximum atomic E-state index is 15.1. The Labute approximate surface area is 211 Å². The Kier molecular flexibility index (Phi) is 7.39.